The normalized spacial score (nSPS) is 11.0. The smallest absolute Gasteiger partial charge is 0.130 e. The van der Waals surface area contributed by atoms with Crippen LogP contribution in [0.15, 0.2) is 42.7 Å². The maximum absolute atomic E-state index is 6.07. The Hall–Kier alpha value is -2.20. The van der Waals surface area contributed by atoms with Crippen molar-refractivity contribution in [2.45, 2.75) is 20.8 Å². The SMILES string of the molecule is CCN(CC)c1c(C)ccn1Nc1ccnc2cc(Cl)ccc12. The number of benzene rings is 1. The summed E-state index contributed by atoms with van der Waals surface area (Å²) in [4.78, 5) is 6.73. The molecule has 0 bridgehead atoms. The van der Waals surface area contributed by atoms with Gasteiger partial charge in [-0.25, -0.2) is 4.68 Å². The lowest BCUT2D eigenvalue weighted by molar-refractivity contribution is 0.803. The van der Waals surface area contributed by atoms with Crippen LogP contribution < -0.4 is 10.3 Å². The Kier molecular flexibility index (Phi) is 4.44. The zero-order chi connectivity index (χ0) is 16.4. The Morgan fingerprint density at radius 3 is 2.70 bits per heavy atom. The molecule has 0 unspecified atom stereocenters. The van der Waals surface area contributed by atoms with Crippen LogP contribution >= 0.6 is 11.6 Å². The Morgan fingerprint density at radius 2 is 1.96 bits per heavy atom. The van der Waals surface area contributed by atoms with E-state index in [2.05, 4.69) is 53.0 Å². The first-order valence-corrected chi connectivity index (χ1v) is 8.26. The molecule has 0 fully saturated rings. The highest BCUT2D eigenvalue weighted by Gasteiger charge is 2.12. The largest absolute Gasteiger partial charge is 0.357 e. The summed E-state index contributed by atoms with van der Waals surface area (Å²) in [6, 6.07) is 9.89. The van der Waals surface area contributed by atoms with Crippen LogP contribution in [0.4, 0.5) is 11.5 Å². The van der Waals surface area contributed by atoms with Crippen molar-refractivity contribution in [2.75, 3.05) is 23.4 Å². The first-order valence-electron chi connectivity index (χ1n) is 7.88. The molecule has 5 heteroatoms. The maximum Gasteiger partial charge on any atom is 0.130 e. The van der Waals surface area contributed by atoms with Crippen molar-refractivity contribution in [2.24, 2.45) is 0 Å². The molecule has 0 aliphatic heterocycles. The zero-order valence-corrected chi connectivity index (χ0v) is 14.4. The van der Waals surface area contributed by atoms with Gasteiger partial charge in [-0.15, -0.1) is 0 Å². The molecule has 0 aliphatic carbocycles. The molecule has 120 valence electrons. The molecule has 0 saturated heterocycles. The molecular weight excluding hydrogens is 308 g/mol. The summed E-state index contributed by atoms with van der Waals surface area (Å²) in [5.41, 5.74) is 6.64. The van der Waals surface area contributed by atoms with E-state index in [4.69, 9.17) is 11.6 Å². The number of nitrogens with one attached hydrogen (secondary N) is 1. The second-order valence-electron chi connectivity index (χ2n) is 5.50. The van der Waals surface area contributed by atoms with Crippen LogP contribution in [0.5, 0.6) is 0 Å². The van der Waals surface area contributed by atoms with Gasteiger partial charge in [0.1, 0.15) is 5.82 Å². The topological polar surface area (TPSA) is 33.1 Å². The highest BCUT2D eigenvalue weighted by molar-refractivity contribution is 6.31. The van der Waals surface area contributed by atoms with Gasteiger partial charge in [-0.2, -0.15) is 0 Å². The number of halogens is 1. The number of rotatable bonds is 5. The minimum absolute atomic E-state index is 0.697. The molecule has 0 saturated carbocycles. The molecule has 3 rings (SSSR count). The van der Waals surface area contributed by atoms with Gasteiger partial charge >= 0.3 is 0 Å². The Morgan fingerprint density at radius 1 is 1.17 bits per heavy atom. The predicted octanol–water partition coefficient (Wildman–Crippen LogP) is 4.72. The van der Waals surface area contributed by atoms with Crippen LogP contribution in [0, 0.1) is 6.92 Å². The summed E-state index contributed by atoms with van der Waals surface area (Å²) in [6.45, 7) is 8.41. The third-order valence-electron chi connectivity index (χ3n) is 4.06. The molecule has 0 radical (unpaired) electrons. The van der Waals surface area contributed by atoms with Crippen LogP contribution in [0.25, 0.3) is 10.9 Å². The van der Waals surface area contributed by atoms with E-state index in [-0.39, 0.29) is 0 Å². The van der Waals surface area contributed by atoms with Crippen molar-refractivity contribution >= 4 is 34.0 Å². The molecule has 2 aromatic heterocycles. The van der Waals surface area contributed by atoms with Gasteiger partial charge < -0.3 is 4.90 Å². The lowest BCUT2D eigenvalue weighted by Gasteiger charge is -2.25. The molecule has 1 N–H and O–H groups in total. The first-order chi connectivity index (χ1) is 11.1. The Bertz CT molecular complexity index is 821. The van der Waals surface area contributed by atoms with Gasteiger partial charge in [0.25, 0.3) is 0 Å². The highest BCUT2D eigenvalue weighted by Crippen LogP contribution is 2.27. The molecule has 3 aromatic rings. The van der Waals surface area contributed by atoms with Crippen LogP contribution in [-0.4, -0.2) is 22.7 Å². The predicted molar refractivity (Wildman–Crippen MR) is 98.5 cm³/mol. The molecule has 23 heavy (non-hydrogen) atoms. The van der Waals surface area contributed by atoms with Gasteiger partial charge in [0.2, 0.25) is 0 Å². The molecule has 4 nitrogen and oxygen atoms in total. The third-order valence-corrected chi connectivity index (χ3v) is 4.30. The fourth-order valence-electron chi connectivity index (χ4n) is 2.89. The summed E-state index contributed by atoms with van der Waals surface area (Å²) in [5.74, 6) is 1.19. The van der Waals surface area contributed by atoms with Crippen molar-refractivity contribution in [3.8, 4) is 0 Å². The number of aryl methyl sites for hydroxylation is 1. The molecule has 0 amide bonds. The van der Waals surface area contributed by atoms with Crippen molar-refractivity contribution in [1.29, 1.82) is 0 Å². The van der Waals surface area contributed by atoms with E-state index < -0.39 is 0 Å². The lowest BCUT2D eigenvalue weighted by atomic mass is 10.2. The highest BCUT2D eigenvalue weighted by atomic mass is 35.5. The van der Waals surface area contributed by atoms with Gasteiger partial charge in [-0.05, 0) is 56.7 Å². The van der Waals surface area contributed by atoms with Crippen molar-refractivity contribution in [1.82, 2.24) is 9.66 Å². The fraction of sp³-hybridized carbons (Fsp3) is 0.278. The zero-order valence-electron chi connectivity index (χ0n) is 13.7. The van der Waals surface area contributed by atoms with Crippen LogP contribution in [0.2, 0.25) is 5.02 Å². The summed E-state index contributed by atoms with van der Waals surface area (Å²) in [7, 11) is 0. The summed E-state index contributed by atoms with van der Waals surface area (Å²) in [5, 5.41) is 1.75. The number of nitrogens with zero attached hydrogens (tertiary/aromatic N) is 3. The minimum Gasteiger partial charge on any atom is -0.357 e. The number of hydrogen-bond acceptors (Lipinski definition) is 3. The molecular formula is C18H21ClN4. The summed E-state index contributed by atoms with van der Waals surface area (Å²) in [6.07, 6.45) is 3.86. The van der Waals surface area contributed by atoms with Gasteiger partial charge in [0.15, 0.2) is 0 Å². The summed E-state index contributed by atoms with van der Waals surface area (Å²) >= 11 is 6.07. The van der Waals surface area contributed by atoms with Crippen molar-refractivity contribution in [3.05, 3.63) is 53.3 Å². The number of fused-ring (bicyclic) bond motifs is 1. The van der Waals surface area contributed by atoms with Gasteiger partial charge in [0.05, 0.1) is 11.2 Å². The van der Waals surface area contributed by atoms with E-state index >= 15 is 0 Å². The summed E-state index contributed by atoms with van der Waals surface area (Å²) < 4.78 is 2.08. The lowest BCUT2D eigenvalue weighted by Crippen LogP contribution is -2.27. The van der Waals surface area contributed by atoms with Crippen LogP contribution in [0.3, 0.4) is 0 Å². The van der Waals surface area contributed by atoms with E-state index in [0.29, 0.717) is 5.02 Å². The molecule has 0 aliphatic rings. The molecule has 2 heterocycles. The van der Waals surface area contributed by atoms with Gasteiger partial charge in [-0.3, -0.25) is 10.4 Å². The number of anilines is 2. The number of pyridine rings is 1. The quantitative estimate of drug-likeness (QED) is 0.735. The van der Waals surface area contributed by atoms with Gasteiger partial charge in [0, 0.05) is 35.9 Å². The second kappa shape index (κ2) is 6.50. The molecule has 0 atom stereocenters. The van der Waals surface area contributed by atoms with E-state index in [1.165, 1.54) is 11.4 Å². The molecule has 1 aromatic carbocycles. The fourth-order valence-corrected chi connectivity index (χ4v) is 3.05. The third kappa shape index (κ3) is 2.99. The van der Waals surface area contributed by atoms with E-state index in [1.54, 1.807) is 6.20 Å². The molecule has 0 spiro atoms. The van der Waals surface area contributed by atoms with E-state index in [1.807, 2.05) is 24.3 Å². The monoisotopic (exact) mass is 328 g/mol. The average Bonchev–Trinajstić information content (AvgIpc) is 2.90. The second-order valence-corrected chi connectivity index (χ2v) is 5.93. The maximum atomic E-state index is 6.07. The number of hydrogen-bond donors (Lipinski definition) is 1. The minimum atomic E-state index is 0.697. The van der Waals surface area contributed by atoms with Crippen LogP contribution in [-0.2, 0) is 0 Å². The first kappa shape index (κ1) is 15.7. The van der Waals surface area contributed by atoms with Crippen LogP contribution in [0.1, 0.15) is 19.4 Å². The van der Waals surface area contributed by atoms with E-state index in [9.17, 15) is 0 Å². The van der Waals surface area contributed by atoms with Crippen molar-refractivity contribution < 1.29 is 0 Å². The Balaban J connectivity index is 2.03. The van der Waals surface area contributed by atoms with Crippen molar-refractivity contribution in [3.63, 3.8) is 0 Å². The standard InChI is InChI=1S/C18H21ClN4/c1-4-22(5-2)18-13(3)9-11-23(18)21-16-8-10-20-17-12-14(19)6-7-15(16)17/h6-12H,4-5H2,1-3H3,(H,20,21). The average molecular weight is 329 g/mol. The number of aromatic nitrogens is 2. The van der Waals surface area contributed by atoms with E-state index in [0.717, 1.165) is 29.7 Å². The van der Waals surface area contributed by atoms with Gasteiger partial charge in [-0.1, -0.05) is 11.6 Å². The Labute approximate surface area is 141 Å².